The molecule has 0 aliphatic carbocycles. The van der Waals surface area contributed by atoms with E-state index in [1.54, 1.807) is 28.4 Å². The summed E-state index contributed by atoms with van der Waals surface area (Å²) >= 11 is 1.76. The van der Waals surface area contributed by atoms with Crippen LogP contribution in [0.15, 0.2) is 35.7 Å². The molecule has 118 valence electrons. The molecular formula is C17H16N2O3S. The van der Waals surface area contributed by atoms with Gasteiger partial charge in [-0.3, -0.25) is 9.69 Å². The number of amides is 2. The Hall–Kier alpha value is -2.34. The minimum Gasteiger partial charge on any atom is -0.447 e. The van der Waals surface area contributed by atoms with Gasteiger partial charge in [0.1, 0.15) is 6.61 Å². The first-order chi connectivity index (χ1) is 11.2. The molecule has 0 saturated carbocycles. The third-order valence-corrected chi connectivity index (χ3v) is 5.28. The maximum Gasteiger partial charge on any atom is 0.414 e. The second-order valence-corrected chi connectivity index (χ2v) is 6.66. The van der Waals surface area contributed by atoms with Gasteiger partial charge in [0.2, 0.25) is 0 Å². The van der Waals surface area contributed by atoms with Crippen LogP contribution in [0.1, 0.15) is 20.8 Å². The highest BCUT2D eigenvalue weighted by atomic mass is 32.1. The number of benzene rings is 1. The lowest BCUT2D eigenvalue weighted by Gasteiger charge is -2.27. The Balaban J connectivity index is 1.56. The number of ether oxygens (including phenoxy) is 1. The van der Waals surface area contributed by atoms with Gasteiger partial charge in [0, 0.05) is 29.2 Å². The number of carbonyl (C=O) groups is 2. The molecule has 4 rings (SSSR count). The maximum absolute atomic E-state index is 12.8. The zero-order chi connectivity index (χ0) is 15.8. The van der Waals surface area contributed by atoms with Crippen LogP contribution in [0.3, 0.4) is 0 Å². The SMILES string of the molecule is O=C(c1cccc(N2CCOC2=O)c1)N1CCc2sccc2C1. The largest absolute Gasteiger partial charge is 0.447 e. The van der Waals surface area contributed by atoms with E-state index in [2.05, 4.69) is 11.4 Å². The van der Waals surface area contributed by atoms with E-state index >= 15 is 0 Å². The average molecular weight is 328 g/mol. The van der Waals surface area contributed by atoms with Crippen LogP contribution >= 0.6 is 11.3 Å². The minimum atomic E-state index is -0.351. The minimum absolute atomic E-state index is 0.0104. The third-order valence-electron chi connectivity index (χ3n) is 4.26. The van der Waals surface area contributed by atoms with Crippen LogP contribution < -0.4 is 4.90 Å². The summed E-state index contributed by atoms with van der Waals surface area (Å²) in [7, 11) is 0. The Labute approximate surface area is 138 Å². The molecule has 5 nitrogen and oxygen atoms in total. The molecule has 2 aliphatic heterocycles. The van der Waals surface area contributed by atoms with E-state index in [0.29, 0.717) is 30.9 Å². The molecule has 2 aliphatic rings. The van der Waals surface area contributed by atoms with Crippen molar-refractivity contribution in [2.45, 2.75) is 13.0 Å². The van der Waals surface area contributed by atoms with Crippen LogP contribution in [0, 0.1) is 0 Å². The molecule has 0 unspecified atom stereocenters. The second kappa shape index (κ2) is 5.70. The van der Waals surface area contributed by atoms with Crippen LogP contribution in [-0.2, 0) is 17.7 Å². The van der Waals surface area contributed by atoms with Gasteiger partial charge < -0.3 is 9.64 Å². The first-order valence-corrected chi connectivity index (χ1v) is 8.49. The van der Waals surface area contributed by atoms with E-state index in [4.69, 9.17) is 4.74 Å². The summed E-state index contributed by atoms with van der Waals surface area (Å²) in [4.78, 5) is 29.3. The number of hydrogen-bond acceptors (Lipinski definition) is 4. The molecule has 6 heteroatoms. The molecule has 1 aromatic heterocycles. The van der Waals surface area contributed by atoms with E-state index in [-0.39, 0.29) is 12.0 Å². The molecule has 0 bridgehead atoms. The van der Waals surface area contributed by atoms with Gasteiger partial charge in [-0.05, 0) is 41.6 Å². The van der Waals surface area contributed by atoms with Crippen LogP contribution in [0.25, 0.3) is 0 Å². The summed E-state index contributed by atoms with van der Waals surface area (Å²) in [5.41, 5.74) is 2.57. The van der Waals surface area contributed by atoms with Crippen molar-refractivity contribution in [2.24, 2.45) is 0 Å². The molecule has 1 saturated heterocycles. The van der Waals surface area contributed by atoms with E-state index in [0.717, 1.165) is 13.0 Å². The van der Waals surface area contributed by atoms with Crippen LogP contribution in [0.4, 0.5) is 10.5 Å². The zero-order valence-corrected chi connectivity index (χ0v) is 13.3. The Morgan fingerprint density at radius 3 is 2.96 bits per heavy atom. The highest BCUT2D eigenvalue weighted by molar-refractivity contribution is 7.10. The monoisotopic (exact) mass is 328 g/mol. The van der Waals surface area contributed by atoms with Crippen molar-refractivity contribution in [3.63, 3.8) is 0 Å². The maximum atomic E-state index is 12.8. The first-order valence-electron chi connectivity index (χ1n) is 7.61. The van der Waals surface area contributed by atoms with Gasteiger partial charge in [-0.1, -0.05) is 6.07 Å². The Morgan fingerprint density at radius 1 is 1.22 bits per heavy atom. The van der Waals surface area contributed by atoms with E-state index in [1.165, 1.54) is 10.4 Å². The van der Waals surface area contributed by atoms with Crippen LogP contribution in [0.5, 0.6) is 0 Å². The Bertz CT molecular complexity index is 771. The molecule has 1 aromatic carbocycles. The zero-order valence-electron chi connectivity index (χ0n) is 12.5. The Kier molecular flexibility index (Phi) is 3.53. The molecule has 23 heavy (non-hydrogen) atoms. The van der Waals surface area contributed by atoms with Crippen molar-refractivity contribution < 1.29 is 14.3 Å². The fourth-order valence-electron chi connectivity index (χ4n) is 3.04. The third kappa shape index (κ3) is 2.59. The smallest absolute Gasteiger partial charge is 0.414 e. The van der Waals surface area contributed by atoms with Gasteiger partial charge in [-0.25, -0.2) is 4.79 Å². The number of rotatable bonds is 2. The standard InChI is InChI=1S/C17H16N2O3S/c20-16(18-6-4-15-13(11-18)5-9-23-15)12-2-1-3-14(10-12)19-7-8-22-17(19)21/h1-3,5,9-10H,4,6-8,11H2. The molecule has 0 atom stereocenters. The lowest BCUT2D eigenvalue weighted by atomic mass is 10.1. The van der Waals surface area contributed by atoms with E-state index in [1.807, 2.05) is 17.0 Å². The lowest BCUT2D eigenvalue weighted by molar-refractivity contribution is 0.0736. The normalized spacial score (nSPS) is 17.1. The molecule has 3 heterocycles. The second-order valence-electron chi connectivity index (χ2n) is 5.66. The number of nitrogens with zero attached hydrogens (tertiary/aromatic N) is 2. The molecule has 1 fully saturated rings. The topological polar surface area (TPSA) is 49.9 Å². The molecule has 0 N–H and O–H groups in total. The molecular weight excluding hydrogens is 312 g/mol. The van der Waals surface area contributed by atoms with Crippen molar-refractivity contribution in [3.05, 3.63) is 51.7 Å². The van der Waals surface area contributed by atoms with Gasteiger partial charge in [0.05, 0.1) is 6.54 Å². The highest BCUT2D eigenvalue weighted by Gasteiger charge is 2.26. The summed E-state index contributed by atoms with van der Waals surface area (Å²) in [6.45, 7) is 2.32. The lowest BCUT2D eigenvalue weighted by Crippen LogP contribution is -2.35. The summed E-state index contributed by atoms with van der Waals surface area (Å²) in [5, 5.41) is 2.08. The summed E-state index contributed by atoms with van der Waals surface area (Å²) in [6, 6.07) is 9.31. The summed E-state index contributed by atoms with van der Waals surface area (Å²) < 4.78 is 4.96. The summed E-state index contributed by atoms with van der Waals surface area (Å²) in [5.74, 6) is 0.0104. The van der Waals surface area contributed by atoms with E-state index < -0.39 is 0 Å². The van der Waals surface area contributed by atoms with Crippen LogP contribution in [0.2, 0.25) is 0 Å². The van der Waals surface area contributed by atoms with Crippen molar-refractivity contribution in [1.29, 1.82) is 0 Å². The first kappa shape index (κ1) is 14.3. The predicted octanol–water partition coefficient (Wildman–Crippen LogP) is 2.90. The van der Waals surface area contributed by atoms with Crippen molar-refractivity contribution in [3.8, 4) is 0 Å². The van der Waals surface area contributed by atoms with E-state index in [9.17, 15) is 9.59 Å². The number of hydrogen-bond donors (Lipinski definition) is 0. The van der Waals surface area contributed by atoms with Gasteiger partial charge in [-0.2, -0.15) is 0 Å². The van der Waals surface area contributed by atoms with Gasteiger partial charge in [0.15, 0.2) is 0 Å². The number of thiophene rings is 1. The van der Waals surface area contributed by atoms with Gasteiger partial charge in [0.25, 0.3) is 5.91 Å². The average Bonchev–Trinajstić information content (AvgIpc) is 3.22. The molecule has 0 radical (unpaired) electrons. The quantitative estimate of drug-likeness (QED) is 0.852. The number of anilines is 1. The fourth-order valence-corrected chi connectivity index (χ4v) is 3.93. The van der Waals surface area contributed by atoms with Gasteiger partial charge >= 0.3 is 6.09 Å². The summed E-state index contributed by atoms with van der Waals surface area (Å²) in [6.07, 6.45) is 0.562. The molecule has 0 spiro atoms. The highest BCUT2D eigenvalue weighted by Crippen LogP contribution is 2.26. The van der Waals surface area contributed by atoms with Crippen molar-refractivity contribution in [2.75, 3.05) is 24.6 Å². The predicted molar refractivity (Wildman–Crippen MR) is 87.9 cm³/mol. The number of carbonyl (C=O) groups excluding carboxylic acids is 2. The van der Waals surface area contributed by atoms with Crippen molar-refractivity contribution >= 4 is 29.0 Å². The van der Waals surface area contributed by atoms with Gasteiger partial charge in [-0.15, -0.1) is 11.3 Å². The van der Waals surface area contributed by atoms with Crippen LogP contribution in [-0.4, -0.2) is 36.6 Å². The Morgan fingerprint density at radius 2 is 2.13 bits per heavy atom. The van der Waals surface area contributed by atoms with Crippen molar-refractivity contribution in [1.82, 2.24) is 4.90 Å². The molecule has 2 amide bonds. The number of fused-ring (bicyclic) bond motifs is 1. The molecule has 2 aromatic rings. The number of cyclic esters (lactones) is 1. The fraction of sp³-hybridized carbons (Fsp3) is 0.294.